The van der Waals surface area contributed by atoms with Crippen LogP contribution in [0.1, 0.15) is 85.7 Å². The molecule has 15 heteroatoms. The Balaban J connectivity index is 1.35. The highest BCUT2D eigenvalue weighted by atomic mass is 19.4. The lowest BCUT2D eigenvalue weighted by Crippen LogP contribution is -2.50. The van der Waals surface area contributed by atoms with E-state index in [2.05, 4.69) is 20.5 Å². The number of hydrogen-bond donors (Lipinski definition) is 5. The Morgan fingerprint density at radius 2 is 1.83 bits per heavy atom. The van der Waals surface area contributed by atoms with E-state index in [9.17, 15) is 18.0 Å². The van der Waals surface area contributed by atoms with Crippen molar-refractivity contribution in [3.63, 3.8) is 0 Å². The maximum Gasteiger partial charge on any atom is 0.432 e. The summed E-state index contributed by atoms with van der Waals surface area (Å²) < 4.78 is 46.3. The summed E-state index contributed by atoms with van der Waals surface area (Å²) in [6.45, 7) is 5.68. The molecule has 2 aromatic carbocycles. The SMILES string of the molecule is COC1=C(C(N)N(C)/C=N\C(CCC(=N)c2ccccc2C(N)=O)NC(C)c2ccc(C3NC(C(F)(F)F)=CN3C(C)C)cc2)C(C2CC2)N(C)C=N1. The molecule has 1 amide bonds. The Morgan fingerprint density at radius 3 is 2.42 bits per heavy atom. The van der Waals surface area contributed by atoms with Crippen LogP contribution in [0.25, 0.3) is 0 Å². The molecule has 0 saturated heterocycles. The van der Waals surface area contributed by atoms with Gasteiger partial charge in [-0.3, -0.25) is 15.1 Å². The molecule has 5 rings (SSSR count). The number of ether oxygens (including phenoxy) is 1. The highest BCUT2D eigenvalue weighted by molar-refractivity contribution is 6.08. The molecule has 2 aliphatic heterocycles. The number of rotatable bonds is 16. The second kappa shape index (κ2) is 16.4. The number of alkyl halides is 3. The maximum atomic E-state index is 13.6. The average molecular weight is 737 g/mol. The monoisotopic (exact) mass is 736 g/mol. The first kappa shape index (κ1) is 39.3. The number of amides is 1. The van der Waals surface area contributed by atoms with Crippen LogP contribution in [0.2, 0.25) is 0 Å². The number of methoxy groups -OCH3 is 1. The first-order valence-electron chi connectivity index (χ1n) is 17.8. The molecule has 7 N–H and O–H groups in total. The van der Waals surface area contributed by atoms with Gasteiger partial charge in [0.2, 0.25) is 11.8 Å². The number of likely N-dealkylation sites (N-methyl/N-ethyl adjacent to an activating group) is 2. The van der Waals surface area contributed by atoms with Crippen molar-refractivity contribution in [2.75, 3.05) is 21.2 Å². The molecule has 1 fully saturated rings. The summed E-state index contributed by atoms with van der Waals surface area (Å²) in [6.07, 6.45) is 1.27. The van der Waals surface area contributed by atoms with E-state index in [0.717, 1.165) is 30.2 Å². The minimum Gasteiger partial charge on any atom is -0.481 e. The molecule has 0 bridgehead atoms. The third-order valence-corrected chi connectivity index (χ3v) is 9.96. The predicted molar refractivity (Wildman–Crippen MR) is 201 cm³/mol. The van der Waals surface area contributed by atoms with Gasteiger partial charge in [0.1, 0.15) is 24.2 Å². The molecule has 3 aliphatic rings. The van der Waals surface area contributed by atoms with Crippen molar-refractivity contribution in [3.05, 3.63) is 94.1 Å². The zero-order valence-electron chi connectivity index (χ0n) is 31.1. The van der Waals surface area contributed by atoms with Crippen LogP contribution in [0.5, 0.6) is 0 Å². The van der Waals surface area contributed by atoms with Gasteiger partial charge in [-0.1, -0.05) is 42.5 Å². The number of hydrogen-bond acceptors (Lipinski definition) is 10. The lowest BCUT2D eigenvalue weighted by atomic mass is 9.97. The van der Waals surface area contributed by atoms with E-state index in [1.165, 1.54) is 0 Å². The van der Waals surface area contributed by atoms with Crippen molar-refractivity contribution in [2.24, 2.45) is 27.4 Å². The van der Waals surface area contributed by atoms with Crippen molar-refractivity contribution >= 4 is 24.3 Å². The topological polar surface area (TPSA) is 161 Å². The number of nitrogens with two attached hydrogens (primary N) is 2. The maximum absolute atomic E-state index is 13.6. The fraction of sp³-hybridized carbons (Fsp3) is 0.474. The van der Waals surface area contributed by atoms with E-state index >= 15 is 0 Å². The quantitative estimate of drug-likeness (QED) is 0.0896. The van der Waals surface area contributed by atoms with Crippen LogP contribution < -0.4 is 22.1 Å². The van der Waals surface area contributed by atoms with Crippen LogP contribution in [0.4, 0.5) is 13.2 Å². The van der Waals surface area contributed by atoms with Crippen molar-refractivity contribution in [3.8, 4) is 0 Å². The van der Waals surface area contributed by atoms with Gasteiger partial charge in [-0.15, -0.1) is 0 Å². The van der Waals surface area contributed by atoms with Crippen LogP contribution in [0, 0.1) is 11.3 Å². The van der Waals surface area contributed by atoms with Gasteiger partial charge in [-0.05, 0) is 69.6 Å². The fourth-order valence-corrected chi connectivity index (χ4v) is 6.85. The first-order chi connectivity index (χ1) is 25.1. The molecule has 1 saturated carbocycles. The van der Waals surface area contributed by atoms with Gasteiger partial charge in [-0.25, -0.2) is 4.99 Å². The molecule has 0 radical (unpaired) electrons. The van der Waals surface area contributed by atoms with E-state index in [-0.39, 0.29) is 35.8 Å². The molecular formula is C38H51F3N10O2. The summed E-state index contributed by atoms with van der Waals surface area (Å²) in [6, 6.07) is 13.9. The smallest absolute Gasteiger partial charge is 0.432 e. The summed E-state index contributed by atoms with van der Waals surface area (Å²) in [5.41, 5.74) is 15.1. The molecule has 12 nitrogen and oxygen atoms in total. The number of nitrogens with one attached hydrogen (secondary N) is 3. The van der Waals surface area contributed by atoms with Crippen molar-refractivity contribution < 1.29 is 22.7 Å². The lowest BCUT2D eigenvalue weighted by Gasteiger charge is -2.37. The van der Waals surface area contributed by atoms with Gasteiger partial charge in [0.05, 0.1) is 31.4 Å². The highest BCUT2D eigenvalue weighted by Gasteiger charge is 2.43. The van der Waals surface area contributed by atoms with Gasteiger partial charge in [0.15, 0.2) is 0 Å². The van der Waals surface area contributed by atoms with Crippen molar-refractivity contribution in [2.45, 2.75) is 89.3 Å². The summed E-state index contributed by atoms with van der Waals surface area (Å²) in [5, 5.41) is 15.0. The summed E-state index contributed by atoms with van der Waals surface area (Å²) >= 11 is 0. The number of halogens is 3. The number of aliphatic imine (C=N–C) groups is 2. The minimum atomic E-state index is -4.48. The second-order valence-electron chi connectivity index (χ2n) is 14.2. The number of carbonyl (C=O) groups excluding carboxylic acids is 1. The Hall–Kier alpha value is -4.89. The third-order valence-electron chi connectivity index (χ3n) is 9.96. The van der Waals surface area contributed by atoms with E-state index < -0.39 is 36.3 Å². The summed E-state index contributed by atoms with van der Waals surface area (Å²) in [4.78, 5) is 27.0. The van der Waals surface area contributed by atoms with Gasteiger partial charge in [-0.2, -0.15) is 13.2 Å². The number of benzene rings is 2. The molecule has 2 aromatic rings. The normalized spacial score (nSPS) is 20.8. The van der Waals surface area contributed by atoms with Crippen LogP contribution >= 0.6 is 0 Å². The molecule has 0 spiro atoms. The van der Waals surface area contributed by atoms with Crippen molar-refractivity contribution in [1.29, 1.82) is 5.41 Å². The molecule has 2 heterocycles. The van der Waals surface area contributed by atoms with E-state index in [1.807, 2.05) is 64.0 Å². The number of nitrogens with zero attached hydrogens (tertiary/aromatic N) is 5. The van der Waals surface area contributed by atoms with Gasteiger partial charge in [0, 0.05) is 49.2 Å². The van der Waals surface area contributed by atoms with Gasteiger partial charge >= 0.3 is 6.18 Å². The number of allylic oxidation sites excluding steroid dienone is 1. The lowest BCUT2D eigenvalue weighted by molar-refractivity contribution is -0.0963. The summed E-state index contributed by atoms with van der Waals surface area (Å²) in [7, 11) is 5.42. The molecule has 5 unspecified atom stereocenters. The number of primary amides is 1. The van der Waals surface area contributed by atoms with Crippen molar-refractivity contribution in [1.82, 2.24) is 25.3 Å². The largest absolute Gasteiger partial charge is 0.481 e. The van der Waals surface area contributed by atoms with Gasteiger partial charge < -0.3 is 41.6 Å². The minimum absolute atomic E-state index is 0.0545. The Kier molecular flexibility index (Phi) is 12.2. The van der Waals surface area contributed by atoms with Crippen LogP contribution in [0.3, 0.4) is 0 Å². The highest BCUT2D eigenvalue weighted by Crippen LogP contribution is 2.41. The summed E-state index contributed by atoms with van der Waals surface area (Å²) in [5.74, 6) is 0.350. The zero-order valence-corrected chi connectivity index (χ0v) is 31.1. The van der Waals surface area contributed by atoms with E-state index in [0.29, 0.717) is 29.3 Å². The molecular weight excluding hydrogens is 685 g/mol. The third kappa shape index (κ3) is 9.19. The molecule has 5 atom stereocenters. The zero-order chi connectivity index (χ0) is 38.6. The molecule has 0 aromatic heterocycles. The van der Waals surface area contributed by atoms with E-state index in [4.69, 9.17) is 26.6 Å². The van der Waals surface area contributed by atoms with Crippen LogP contribution in [-0.2, 0) is 4.74 Å². The molecule has 53 heavy (non-hydrogen) atoms. The average Bonchev–Trinajstić information content (AvgIpc) is 3.86. The van der Waals surface area contributed by atoms with Gasteiger partial charge in [0.25, 0.3) is 0 Å². The molecule has 1 aliphatic carbocycles. The number of carbonyl (C=O) groups is 1. The Morgan fingerprint density at radius 1 is 1.17 bits per heavy atom. The van der Waals surface area contributed by atoms with E-state index in [1.54, 1.807) is 49.0 Å². The molecule has 286 valence electrons. The van der Waals surface area contributed by atoms with Crippen LogP contribution in [-0.4, -0.2) is 90.8 Å². The second-order valence-corrected chi connectivity index (χ2v) is 14.2. The van der Waals surface area contributed by atoms with Crippen LogP contribution in [0.15, 0.2) is 81.9 Å². The standard InChI is InChI=1S/C38H51F3N10O2/c1-22(2)51-19-30(38(39,40)41)48-36(51)26-15-11-24(12-16-26)23(3)47-31(18-17-29(42)27-9-7-8-10-28(27)35(44)52)45-20-50(5)34(43)32-33(25-13-14-25)49(4)21-46-37(32)53-6/h7-12,15-16,19-23,25,31,33-34,36,42,47-48H,13-14,17-18,43H2,1-6H3,(H2,44,52)/b42-29?,45-20-. The Labute approximate surface area is 309 Å². The predicted octanol–water partition coefficient (Wildman–Crippen LogP) is 5.18. The first-order valence-corrected chi connectivity index (χ1v) is 17.8. The fourth-order valence-electron chi connectivity index (χ4n) is 6.85. The Bertz CT molecular complexity index is 1750.